The van der Waals surface area contributed by atoms with Crippen molar-refractivity contribution < 1.29 is 23.1 Å². The molecule has 0 unspecified atom stereocenters. The third kappa shape index (κ3) is 3.50. The minimum atomic E-state index is -4.26. The highest BCUT2D eigenvalue weighted by atomic mass is 19.4. The number of halogens is 3. The lowest BCUT2D eigenvalue weighted by Gasteiger charge is -2.54. The van der Waals surface area contributed by atoms with Crippen molar-refractivity contribution in [3.8, 4) is 0 Å². The van der Waals surface area contributed by atoms with Gasteiger partial charge in [-0.25, -0.2) is 4.79 Å². The van der Waals surface area contributed by atoms with Crippen molar-refractivity contribution in [3.63, 3.8) is 0 Å². The van der Waals surface area contributed by atoms with Crippen molar-refractivity contribution in [2.24, 2.45) is 5.41 Å². The molecule has 1 amide bonds. The first-order valence-corrected chi connectivity index (χ1v) is 8.79. The lowest BCUT2D eigenvalue weighted by atomic mass is 9.72. The maximum Gasteiger partial charge on any atom is 0.407 e. The molecule has 0 radical (unpaired) electrons. The molecule has 1 N–H and O–H groups in total. The van der Waals surface area contributed by atoms with Crippen LogP contribution in [0.15, 0.2) is 24.4 Å². The van der Waals surface area contributed by atoms with E-state index in [2.05, 4.69) is 15.1 Å². The molecule has 27 heavy (non-hydrogen) atoms. The average molecular weight is 380 g/mol. The fraction of sp³-hybridized carbons (Fsp3) is 0.500. The average Bonchev–Trinajstić information content (AvgIpc) is 2.58. The first kappa shape index (κ1) is 17.8. The Hall–Kier alpha value is -2.58. The number of nitrogens with zero attached hydrogens (tertiary/aromatic N) is 4. The summed E-state index contributed by atoms with van der Waals surface area (Å²) >= 11 is 0. The number of benzene rings is 1. The third-order valence-corrected chi connectivity index (χ3v) is 5.57. The number of hydrogen-bond acceptors (Lipinski definition) is 4. The number of hydrogen-bond donors (Lipinski definition) is 1. The van der Waals surface area contributed by atoms with Crippen LogP contribution in [0.3, 0.4) is 0 Å². The smallest absolute Gasteiger partial charge is 0.407 e. The molecule has 3 heterocycles. The van der Waals surface area contributed by atoms with Crippen molar-refractivity contribution >= 4 is 22.7 Å². The second-order valence-electron chi connectivity index (χ2n) is 7.50. The Balaban J connectivity index is 1.53. The first-order chi connectivity index (χ1) is 12.7. The van der Waals surface area contributed by atoms with E-state index in [9.17, 15) is 18.0 Å². The number of carboxylic acid groups (broad SMARTS) is 1. The lowest BCUT2D eigenvalue weighted by Crippen LogP contribution is -2.61. The molecule has 0 bridgehead atoms. The predicted molar refractivity (Wildman–Crippen MR) is 92.8 cm³/mol. The fourth-order valence-electron chi connectivity index (χ4n) is 4.11. The Kier molecular flexibility index (Phi) is 4.12. The normalized spacial score (nSPS) is 19.4. The molecular formula is C18H19F3N4O2. The van der Waals surface area contributed by atoms with Gasteiger partial charge in [0.05, 0.1) is 23.8 Å². The first-order valence-electron chi connectivity index (χ1n) is 8.79. The van der Waals surface area contributed by atoms with Crippen molar-refractivity contribution in [2.75, 3.05) is 31.1 Å². The number of fused-ring (bicyclic) bond motifs is 1. The molecular weight excluding hydrogens is 361 g/mol. The Bertz CT molecular complexity index is 871. The molecule has 2 aliphatic rings. The minimum Gasteiger partial charge on any atom is -0.465 e. The molecule has 0 aliphatic carbocycles. The summed E-state index contributed by atoms with van der Waals surface area (Å²) < 4.78 is 38.2. The highest BCUT2D eigenvalue weighted by Gasteiger charge is 2.46. The molecule has 144 valence electrons. The molecule has 0 saturated carbocycles. The van der Waals surface area contributed by atoms with Gasteiger partial charge in [0.2, 0.25) is 0 Å². The summed E-state index contributed by atoms with van der Waals surface area (Å²) in [6, 6.07) is 4.56. The molecule has 4 rings (SSSR count). The molecule has 2 saturated heterocycles. The standard InChI is InChI=1S/C18H19F3N4O2/c19-18(20,21)8-12-1-2-14-13(7-12)15(9-22-23-14)25-10-17(11-25)3-5-24(6-4-17)16(26)27/h1-2,7,9H,3-6,8,10-11H2,(H,26,27). The second kappa shape index (κ2) is 6.24. The molecule has 6 nitrogen and oxygen atoms in total. The van der Waals surface area contributed by atoms with Crippen LogP contribution in [0.4, 0.5) is 23.7 Å². The van der Waals surface area contributed by atoms with Crippen molar-refractivity contribution in [2.45, 2.75) is 25.4 Å². The summed E-state index contributed by atoms with van der Waals surface area (Å²) in [6.07, 6.45) is -2.93. The number of aromatic nitrogens is 2. The fourth-order valence-corrected chi connectivity index (χ4v) is 4.11. The Morgan fingerprint density at radius 3 is 2.56 bits per heavy atom. The highest BCUT2D eigenvalue weighted by Crippen LogP contribution is 2.44. The number of amides is 1. The van der Waals surface area contributed by atoms with Gasteiger partial charge >= 0.3 is 12.3 Å². The van der Waals surface area contributed by atoms with E-state index < -0.39 is 18.7 Å². The zero-order chi connectivity index (χ0) is 19.2. The van der Waals surface area contributed by atoms with Crippen LogP contribution in [-0.2, 0) is 6.42 Å². The summed E-state index contributed by atoms with van der Waals surface area (Å²) in [5, 5.41) is 17.8. The quantitative estimate of drug-likeness (QED) is 0.866. The maximum absolute atomic E-state index is 12.7. The topological polar surface area (TPSA) is 69.6 Å². The van der Waals surface area contributed by atoms with Gasteiger partial charge in [0.1, 0.15) is 0 Å². The monoisotopic (exact) mass is 380 g/mol. The third-order valence-electron chi connectivity index (χ3n) is 5.57. The maximum atomic E-state index is 12.7. The van der Waals surface area contributed by atoms with E-state index >= 15 is 0 Å². The number of rotatable bonds is 2. The largest absolute Gasteiger partial charge is 0.465 e. The van der Waals surface area contributed by atoms with Gasteiger partial charge in [-0.2, -0.15) is 23.4 Å². The van der Waals surface area contributed by atoms with Gasteiger partial charge in [-0.05, 0) is 30.5 Å². The Morgan fingerprint density at radius 2 is 1.93 bits per heavy atom. The number of piperidine rings is 1. The van der Waals surface area contributed by atoms with E-state index in [1.807, 2.05) is 0 Å². The SMILES string of the molecule is O=C(O)N1CCC2(CC1)CN(c1cnnc3ccc(CC(F)(F)F)cc13)C2. The summed E-state index contributed by atoms with van der Waals surface area (Å²) in [6.45, 7) is 2.55. The van der Waals surface area contributed by atoms with Gasteiger partial charge < -0.3 is 14.9 Å². The van der Waals surface area contributed by atoms with Crippen LogP contribution in [0.1, 0.15) is 18.4 Å². The van der Waals surface area contributed by atoms with Crippen LogP contribution in [0.25, 0.3) is 10.9 Å². The number of anilines is 1. The summed E-state index contributed by atoms with van der Waals surface area (Å²) in [5.41, 5.74) is 1.63. The second-order valence-corrected chi connectivity index (χ2v) is 7.50. The molecule has 2 fully saturated rings. The van der Waals surface area contributed by atoms with Gasteiger partial charge in [0.15, 0.2) is 0 Å². The molecule has 1 aromatic carbocycles. The van der Waals surface area contributed by atoms with Crippen LogP contribution in [-0.4, -0.2) is 58.7 Å². The van der Waals surface area contributed by atoms with E-state index in [0.717, 1.165) is 31.6 Å². The Labute approximate surface area is 153 Å². The summed E-state index contributed by atoms with van der Waals surface area (Å²) in [7, 11) is 0. The van der Waals surface area contributed by atoms with Crippen LogP contribution in [0.5, 0.6) is 0 Å². The zero-order valence-corrected chi connectivity index (χ0v) is 14.5. The molecule has 2 aliphatic heterocycles. The van der Waals surface area contributed by atoms with Gasteiger partial charge in [-0.15, -0.1) is 0 Å². The molecule has 1 aromatic heterocycles. The Morgan fingerprint density at radius 1 is 1.22 bits per heavy atom. The molecule has 1 spiro atoms. The zero-order valence-electron chi connectivity index (χ0n) is 14.5. The van der Waals surface area contributed by atoms with Gasteiger partial charge in [0, 0.05) is 37.0 Å². The van der Waals surface area contributed by atoms with Gasteiger partial charge in [-0.1, -0.05) is 6.07 Å². The number of carbonyl (C=O) groups is 1. The minimum absolute atomic E-state index is 0.0745. The predicted octanol–water partition coefficient (Wildman–Crippen LogP) is 3.31. The van der Waals surface area contributed by atoms with E-state index in [0.29, 0.717) is 24.0 Å². The highest BCUT2D eigenvalue weighted by molar-refractivity contribution is 5.91. The summed E-state index contributed by atoms with van der Waals surface area (Å²) in [4.78, 5) is 14.6. The van der Waals surface area contributed by atoms with Crippen LogP contribution < -0.4 is 4.90 Å². The van der Waals surface area contributed by atoms with Crippen LogP contribution in [0.2, 0.25) is 0 Å². The molecule has 9 heteroatoms. The van der Waals surface area contributed by atoms with Crippen LogP contribution in [0, 0.1) is 5.41 Å². The van der Waals surface area contributed by atoms with Crippen molar-refractivity contribution in [3.05, 3.63) is 30.0 Å². The number of alkyl halides is 3. The van der Waals surface area contributed by atoms with Crippen LogP contribution >= 0.6 is 0 Å². The van der Waals surface area contributed by atoms with E-state index in [1.165, 1.54) is 11.0 Å². The lowest BCUT2D eigenvalue weighted by molar-refractivity contribution is -0.127. The molecule has 0 atom stereocenters. The van der Waals surface area contributed by atoms with E-state index in [1.54, 1.807) is 18.3 Å². The molecule has 2 aromatic rings. The van der Waals surface area contributed by atoms with E-state index in [-0.39, 0.29) is 11.0 Å². The van der Waals surface area contributed by atoms with Crippen molar-refractivity contribution in [1.29, 1.82) is 0 Å². The van der Waals surface area contributed by atoms with Gasteiger partial charge in [0.25, 0.3) is 0 Å². The number of likely N-dealkylation sites (tertiary alicyclic amines) is 1. The summed E-state index contributed by atoms with van der Waals surface area (Å²) in [5.74, 6) is 0. The van der Waals surface area contributed by atoms with E-state index in [4.69, 9.17) is 5.11 Å². The van der Waals surface area contributed by atoms with Crippen molar-refractivity contribution in [1.82, 2.24) is 15.1 Å². The van der Waals surface area contributed by atoms with Gasteiger partial charge in [-0.3, -0.25) is 0 Å².